The van der Waals surface area contributed by atoms with E-state index in [0.29, 0.717) is 24.0 Å². The molecule has 0 spiro atoms. The zero-order chi connectivity index (χ0) is 32.3. The van der Waals surface area contributed by atoms with Crippen molar-refractivity contribution in [3.63, 3.8) is 0 Å². The lowest BCUT2D eigenvalue weighted by molar-refractivity contribution is -0.0577. The number of hydrogen-bond donors (Lipinski definition) is 0. The Labute approximate surface area is 262 Å². The highest BCUT2D eigenvalue weighted by Crippen LogP contribution is 2.34. The molecule has 0 unspecified atom stereocenters. The molecule has 11 heteroatoms. The second-order valence-corrected chi connectivity index (χ2v) is 11.0. The molecule has 0 N–H and O–H groups in total. The van der Waals surface area contributed by atoms with Gasteiger partial charge in [-0.3, -0.25) is 4.57 Å². The number of aryl methyl sites for hydroxylation is 2. The Bertz CT molecular complexity index is 1460. The molecule has 3 atom stereocenters. The van der Waals surface area contributed by atoms with Crippen LogP contribution in [0.2, 0.25) is 0 Å². The topological polar surface area (TPSA) is 132 Å². The highest BCUT2D eigenvalue weighted by Gasteiger charge is 2.42. The van der Waals surface area contributed by atoms with Crippen LogP contribution in [0.5, 0.6) is 0 Å². The van der Waals surface area contributed by atoms with E-state index >= 15 is 0 Å². The van der Waals surface area contributed by atoms with Crippen LogP contribution in [-0.4, -0.2) is 65.5 Å². The summed E-state index contributed by atoms with van der Waals surface area (Å²) in [6, 6.07) is 13.8. The third kappa shape index (κ3) is 8.78. The van der Waals surface area contributed by atoms with Crippen LogP contribution in [0.3, 0.4) is 0 Å². The van der Waals surface area contributed by atoms with E-state index in [9.17, 15) is 19.2 Å². The predicted molar refractivity (Wildman–Crippen MR) is 163 cm³/mol. The number of aromatic nitrogens is 2. The van der Waals surface area contributed by atoms with Gasteiger partial charge in [0.15, 0.2) is 11.4 Å². The number of carbonyl (C=O) groups is 4. The maximum Gasteiger partial charge on any atom is 0.359 e. The number of nitrogens with zero attached hydrogens (tertiary/aromatic N) is 2. The Morgan fingerprint density at radius 2 is 1.33 bits per heavy atom. The van der Waals surface area contributed by atoms with Gasteiger partial charge in [-0.15, -0.1) is 0 Å². The molecule has 1 aliphatic heterocycles. The minimum atomic E-state index is -0.901. The zero-order valence-corrected chi connectivity index (χ0v) is 26.2. The molecule has 11 nitrogen and oxygen atoms in total. The van der Waals surface area contributed by atoms with Crippen molar-refractivity contribution < 1.29 is 42.9 Å². The van der Waals surface area contributed by atoms with E-state index in [1.54, 1.807) is 48.5 Å². The van der Waals surface area contributed by atoms with Gasteiger partial charge in [0.05, 0.1) is 30.7 Å². The average molecular weight is 621 g/mol. The van der Waals surface area contributed by atoms with Crippen molar-refractivity contribution in [2.45, 2.75) is 78.2 Å². The van der Waals surface area contributed by atoms with Gasteiger partial charge in [0, 0.05) is 6.42 Å². The number of benzene rings is 2. The summed E-state index contributed by atoms with van der Waals surface area (Å²) in [6.45, 7) is 7.86. The summed E-state index contributed by atoms with van der Waals surface area (Å²) in [5, 5.41) is 0. The summed E-state index contributed by atoms with van der Waals surface area (Å²) >= 11 is 0. The fourth-order valence-corrected chi connectivity index (χ4v) is 4.66. The van der Waals surface area contributed by atoms with Crippen molar-refractivity contribution in [1.29, 1.82) is 0 Å². The normalized spacial score (nSPS) is 17.5. The van der Waals surface area contributed by atoms with E-state index in [1.807, 2.05) is 27.7 Å². The molecule has 0 aliphatic carbocycles. The summed E-state index contributed by atoms with van der Waals surface area (Å²) in [5.74, 6) is -2.65. The van der Waals surface area contributed by atoms with Crippen molar-refractivity contribution in [3.05, 3.63) is 88.5 Å². The van der Waals surface area contributed by atoms with Gasteiger partial charge in [-0.1, -0.05) is 62.1 Å². The molecule has 4 rings (SSSR count). The number of ether oxygens (including phenoxy) is 5. The fraction of sp³-hybridized carbons (Fsp3) is 0.441. The first-order chi connectivity index (χ1) is 21.7. The monoisotopic (exact) mass is 620 g/mol. The Hall–Kier alpha value is -4.51. The molecule has 1 saturated heterocycles. The van der Waals surface area contributed by atoms with Crippen molar-refractivity contribution >= 4 is 23.9 Å². The largest absolute Gasteiger partial charge is 0.461 e. The Balaban J connectivity index is 1.59. The van der Waals surface area contributed by atoms with Crippen LogP contribution in [0.15, 0.2) is 54.9 Å². The SMILES string of the molecule is CCCCOC(=O)c1ncn([C@H]2C[C@H](OC(=O)c3ccc(C)cc3)[C@@H](COC(=O)c3ccc(C)cc3)O2)c1C(=O)OCCCC. The van der Waals surface area contributed by atoms with E-state index in [1.165, 1.54) is 10.9 Å². The Kier molecular flexibility index (Phi) is 11.9. The van der Waals surface area contributed by atoms with E-state index in [-0.39, 0.29) is 37.6 Å². The summed E-state index contributed by atoms with van der Waals surface area (Å²) in [4.78, 5) is 56.3. The highest BCUT2D eigenvalue weighted by atomic mass is 16.6. The minimum absolute atomic E-state index is 0.0836. The van der Waals surface area contributed by atoms with Crippen molar-refractivity contribution in [1.82, 2.24) is 9.55 Å². The first-order valence-electron chi connectivity index (χ1n) is 15.3. The predicted octanol–water partition coefficient (Wildman–Crippen LogP) is 5.78. The Morgan fingerprint density at radius 3 is 1.91 bits per heavy atom. The molecule has 2 aromatic carbocycles. The summed E-state index contributed by atoms with van der Waals surface area (Å²) in [6.07, 6.45) is 1.67. The molecule has 1 aromatic heterocycles. The first kappa shape index (κ1) is 33.4. The van der Waals surface area contributed by atoms with E-state index in [0.717, 1.165) is 24.0 Å². The van der Waals surface area contributed by atoms with E-state index in [2.05, 4.69) is 4.98 Å². The molecule has 1 aliphatic rings. The molecule has 0 saturated carbocycles. The van der Waals surface area contributed by atoms with Gasteiger partial charge in [0.1, 0.15) is 25.0 Å². The van der Waals surface area contributed by atoms with Crippen molar-refractivity contribution in [2.75, 3.05) is 19.8 Å². The number of hydrogen-bond acceptors (Lipinski definition) is 10. The van der Waals surface area contributed by atoms with Crippen LogP contribution in [-0.2, 0) is 23.7 Å². The molecule has 0 bridgehead atoms. The van der Waals surface area contributed by atoms with Crippen LogP contribution in [0.1, 0.15) is 105 Å². The Morgan fingerprint density at radius 1 is 0.778 bits per heavy atom. The number of rotatable bonds is 14. The first-order valence-corrected chi connectivity index (χ1v) is 15.3. The standard InChI is InChI=1S/C34H40N2O9/c1-5-7-17-41-33(39)29-30(34(40)42-18-8-6-2)36(21-35-29)28-19-26(45-32(38)25-15-11-23(4)12-16-25)27(44-28)20-43-31(37)24-13-9-22(3)10-14-24/h9-16,21,26-28H,5-8,17-20H2,1-4H3/t26-,27+,28+/m0/s1. The highest BCUT2D eigenvalue weighted by molar-refractivity contribution is 6.00. The maximum atomic E-state index is 13.3. The second kappa shape index (κ2) is 16.0. The molecule has 45 heavy (non-hydrogen) atoms. The molecule has 0 amide bonds. The lowest BCUT2D eigenvalue weighted by atomic mass is 10.1. The lowest BCUT2D eigenvalue weighted by Gasteiger charge is -2.19. The van der Waals surface area contributed by atoms with Crippen LogP contribution in [0.4, 0.5) is 0 Å². The number of imidazole rings is 1. The van der Waals surface area contributed by atoms with E-state index < -0.39 is 42.3 Å². The number of esters is 4. The van der Waals surface area contributed by atoms with Crippen molar-refractivity contribution in [2.24, 2.45) is 0 Å². The van der Waals surface area contributed by atoms with Gasteiger partial charge in [0.25, 0.3) is 0 Å². The molecule has 0 radical (unpaired) electrons. The minimum Gasteiger partial charge on any atom is -0.461 e. The van der Waals surface area contributed by atoms with E-state index in [4.69, 9.17) is 23.7 Å². The molecule has 1 fully saturated rings. The van der Waals surface area contributed by atoms with Crippen LogP contribution >= 0.6 is 0 Å². The second-order valence-electron chi connectivity index (χ2n) is 11.0. The summed E-state index contributed by atoms with van der Waals surface area (Å²) in [7, 11) is 0. The summed E-state index contributed by atoms with van der Waals surface area (Å²) in [5.41, 5.74) is 2.37. The third-order valence-electron chi connectivity index (χ3n) is 7.34. The van der Waals surface area contributed by atoms with Gasteiger partial charge in [-0.25, -0.2) is 24.2 Å². The zero-order valence-electron chi connectivity index (χ0n) is 26.2. The van der Waals surface area contributed by atoms with Gasteiger partial charge in [0.2, 0.25) is 0 Å². The average Bonchev–Trinajstić information content (AvgIpc) is 3.65. The molecular formula is C34H40N2O9. The summed E-state index contributed by atoms with van der Waals surface area (Å²) < 4.78 is 29.8. The van der Waals surface area contributed by atoms with Gasteiger partial charge < -0.3 is 23.7 Å². The van der Waals surface area contributed by atoms with Crippen molar-refractivity contribution in [3.8, 4) is 0 Å². The molecule has 3 aromatic rings. The fourth-order valence-electron chi connectivity index (χ4n) is 4.66. The third-order valence-corrected chi connectivity index (χ3v) is 7.34. The van der Waals surface area contributed by atoms with Crippen LogP contribution in [0.25, 0.3) is 0 Å². The number of unbranched alkanes of at least 4 members (excludes halogenated alkanes) is 2. The smallest absolute Gasteiger partial charge is 0.359 e. The maximum absolute atomic E-state index is 13.3. The molecule has 2 heterocycles. The molecule has 240 valence electrons. The van der Waals surface area contributed by atoms with Gasteiger partial charge in [-0.2, -0.15) is 0 Å². The quantitative estimate of drug-likeness (QED) is 0.124. The lowest BCUT2D eigenvalue weighted by Crippen LogP contribution is -2.32. The van der Waals surface area contributed by atoms with Gasteiger partial charge >= 0.3 is 23.9 Å². The van der Waals surface area contributed by atoms with Gasteiger partial charge in [-0.05, 0) is 51.0 Å². The van der Waals surface area contributed by atoms with Crippen LogP contribution in [0, 0.1) is 13.8 Å². The molecular weight excluding hydrogens is 580 g/mol. The number of carbonyl (C=O) groups excluding carboxylic acids is 4. The van der Waals surface area contributed by atoms with Crippen LogP contribution < -0.4 is 0 Å².